The van der Waals surface area contributed by atoms with E-state index in [0.717, 1.165) is 37.1 Å². The van der Waals surface area contributed by atoms with E-state index in [1.165, 1.54) is 0 Å². The number of hydrogen-bond donors (Lipinski definition) is 2. The van der Waals surface area contributed by atoms with Gasteiger partial charge < -0.3 is 16.0 Å². The molecule has 2 rings (SSSR count). The van der Waals surface area contributed by atoms with Crippen molar-refractivity contribution in [3.05, 3.63) is 23.8 Å². The van der Waals surface area contributed by atoms with E-state index in [4.69, 9.17) is 5.73 Å². The summed E-state index contributed by atoms with van der Waals surface area (Å²) in [6.07, 6.45) is 2.52. The molecular weight excluding hydrogens is 326 g/mol. The summed E-state index contributed by atoms with van der Waals surface area (Å²) < 4.78 is 0. The number of nitrogens with two attached hydrogens (primary N) is 1. The number of benzene rings is 1. The maximum atomic E-state index is 12.5. The van der Waals surface area contributed by atoms with Crippen LogP contribution in [0.5, 0.6) is 0 Å². The van der Waals surface area contributed by atoms with E-state index in [9.17, 15) is 9.59 Å². The summed E-state index contributed by atoms with van der Waals surface area (Å²) in [5, 5.41) is 2.97. The average Bonchev–Trinajstić information content (AvgIpc) is 2.56. The van der Waals surface area contributed by atoms with Crippen molar-refractivity contribution >= 4 is 35.6 Å². The molecule has 24 heavy (non-hydrogen) atoms. The molecule has 3 N–H and O–H groups in total. The molecule has 1 fully saturated rings. The largest absolute Gasteiger partial charge is 0.399 e. The van der Waals surface area contributed by atoms with E-state index < -0.39 is 0 Å². The number of hydrogen-bond acceptors (Lipinski definition) is 3. The van der Waals surface area contributed by atoms with Crippen LogP contribution in [0.2, 0.25) is 0 Å². The summed E-state index contributed by atoms with van der Waals surface area (Å²) in [6, 6.07) is 5.49. The fraction of sp³-hybridized carbons (Fsp3) is 0.556. The highest BCUT2D eigenvalue weighted by atomic mass is 35.5. The van der Waals surface area contributed by atoms with Gasteiger partial charge in [0.05, 0.1) is 5.92 Å². The zero-order valence-electron chi connectivity index (χ0n) is 14.7. The quantitative estimate of drug-likeness (QED) is 0.816. The molecule has 0 radical (unpaired) electrons. The molecule has 5 nitrogen and oxygen atoms in total. The predicted molar refractivity (Wildman–Crippen MR) is 100 cm³/mol. The minimum absolute atomic E-state index is 0. The fourth-order valence-electron chi connectivity index (χ4n) is 2.89. The van der Waals surface area contributed by atoms with Crippen molar-refractivity contribution in [1.82, 2.24) is 4.90 Å². The third-order valence-electron chi connectivity index (χ3n) is 4.66. The zero-order valence-corrected chi connectivity index (χ0v) is 15.5. The summed E-state index contributed by atoms with van der Waals surface area (Å²) in [5.74, 6) is -0.00366. The number of aryl methyl sites for hydroxylation is 1. The van der Waals surface area contributed by atoms with Gasteiger partial charge in [0, 0.05) is 30.4 Å². The summed E-state index contributed by atoms with van der Waals surface area (Å²) in [7, 11) is 0. The average molecular weight is 354 g/mol. The van der Waals surface area contributed by atoms with Crippen molar-refractivity contribution in [2.45, 2.75) is 40.0 Å². The second-order valence-corrected chi connectivity index (χ2v) is 6.50. The van der Waals surface area contributed by atoms with Gasteiger partial charge in [-0.25, -0.2) is 0 Å². The molecule has 1 saturated heterocycles. The van der Waals surface area contributed by atoms with Gasteiger partial charge in [-0.2, -0.15) is 0 Å². The number of rotatable bonds is 4. The number of amides is 2. The molecule has 1 aromatic rings. The maximum Gasteiger partial charge on any atom is 0.229 e. The SMILES string of the molecule is CCC(C)C(=O)N1CCCC(C(=O)Nc2cc(N)ccc2C)C1.Cl. The number of anilines is 2. The topological polar surface area (TPSA) is 75.4 Å². The predicted octanol–water partition coefficient (Wildman–Crippen LogP) is 3.22. The summed E-state index contributed by atoms with van der Waals surface area (Å²) in [6.45, 7) is 7.16. The molecule has 134 valence electrons. The Bertz CT molecular complexity index is 592. The molecule has 0 bridgehead atoms. The van der Waals surface area contributed by atoms with E-state index in [1.54, 1.807) is 6.07 Å². The van der Waals surface area contributed by atoms with Crippen LogP contribution < -0.4 is 11.1 Å². The van der Waals surface area contributed by atoms with Crippen LogP contribution >= 0.6 is 12.4 Å². The number of carbonyl (C=O) groups excluding carboxylic acids is 2. The molecule has 0 aliphatic carbocycles. The third-order valence-corrected chi connectivity index (χ3v) is 4.66. The lowest BCUT2D eigenvalue weighted by molar-refractivity contribution is -0.138. The minimum Gasteiger partial charge on any atom is -0.399 e. The summed E-state index contributed by atoms with van der Waals surface area (Å²) >= 11 is 0. The van der Waals surface area contributed by atoms with Crippen LogP contribution in [0.25, 0.3) is 0 Å². The molecule has 1 aliphatic heterocycles. The summed E-state index contributed by atoms with van der Waals surface area (Å²) in [5.41, 5.74) is 8.15. The number of nitrogens with one attached hydrogen (secondary N) is 1. The van der Waals surface area contributed by atoms with Crippen LogP contribution in [0.1, 0.15) is 38.7 Å². The van der Waals surface area contributed by atoms with Crippen LogP contribution in [0.15, 0.2) is 18.2 Å². The summed E-state index contributed by atoms with van der Waals surface area (Å²) in [4.78, 5) is 26.7. The number of nitrogen functional groups attached to an aromatic ring is 1. The Labute approximate surface area is 150 Å². The van der Waals surface area contributed by atoms with Gasteiger partial charge >= 0.3 is 0 Å². The Morgan fingerprint density at radius 2 is 2.12 bits per heavy atom. The van der Waals surface area contributed by atoms with Gasteiger partial charge in [-0.05, 0) is 43.9 Å². The molecule has 2 amide bonds. The van der Waals surface area contributed by atoms with Crippen molar-refractivity contribution in [2.75, 3.05) is 24.1 Å². The highest BCUT2D eigenvalue weighted by Crippen LogP contribution is 2.23. The Kier molecular flexibility index (Phi) is 7.55. The van der Waals surface area contributed by atoms with E-state index in [1.807, 2.05) is 37.8 Å². The zero-order chi connectivity index (χ0) is 17.0. The third kappa shape index (κ3) is 4.87. The normalized spacial score (nSPS) is 18.5. The Morgan fingerprint density at radius 1 is 1.42 bits per heavy atom. The highest BCUT2D eigenvalue weighted by molar-refractivity contribution is 5.94. The smallest absolute Gasteiger partial charge is 0.229 e. The van der Waals surface area contributed by atoms with Crippen molar-refractivity contribution in [2.24, 2.45) is 11.8 Å². The van der Waals surface area contributed by atoms with Crippen molar-refractivity contribution in [3.8, 4) is 0 Å². The van der Waals surface area contributed by atoms with Gasteiger partial charge in [0.1, 0.15) is 0 Å². The first kappa shape index (κ1) is 20.3. The lowest BCUT2D eigenvalue weighted by atomic mass is 9.95. The molecule has 0 aromatic heterocycles. The number of piperidine rings is 1. The number of halogens is 1. The van der Waals surface area contributed by atoms with Crippen LogP contribution in [0, 0.1) is 18.8 Å². The van der Waals surface area contributed by atoms with Gasteiger partial charge in [-0.1, -0.05) is 19.9 Å². The lowest BCUT2D eigenvalue weighted by Gasteiger charge is -2.33. The number of carbonyl (C=O) groups is 2. The molecular formula is C18H28ClN3O2. The van der Waals surface area contributed by atoms with Gasteiger partial charge in [-0.3, -0.25) is 9.59 Å². The molecule has 6 heteroatoms. The first-order valence-electron chi connectivity index (χ1n) is 8.38. The van der Waals surface area contributed by atoms with Crippen LogP contribution in [-0.2, 0) is 9.59 Å². The molecule has 2 unspecified atom stereocenters. The fourth-order valence-corrected chi connectivity index (χ4v) is 2.89. The second kappa shape index (κ2) is 8.92. The van der Waals surface area contributed by atoms with Crippen LogP contribution in [0.3, 0.4) is 0 Å². The maximum absolute atomic E-state index is 12.5. The van der Waals surface area contributed by atoms with Crippen molar-refractivity contribution in [3.63, 3.8) is 0 Å². The van der Waals surface area contributed by atoms with Crippen LogP contribution in [0.4, 0.5) is 11.4 Å². The van der Waals surface area contributed by atoms with Gasteiger partial charge in [-0.15, -0.1) is 12.4 Å². The van der Waals surface area contributed by atoms with Crippen molar-refractivity contribution < 1.29 is 9.59 Å². The standard InChI is InChI=1S/C18H27N3O2.ClH/c1-4-12(2)18(23)21-9-5-6-14(11-21)17(22)20-16-10-15(19)8-7-13(16)3;/h7-8,10,12,14H,4-6,9,11,19H2,1-3H3,(H,20,22);1H. The first-order chi connectivity index (χ1) is 10.9. The molecule has 1 aliphatic rings. The van der Waals surface area contributed by atoms with Gasteiger partial charge in [0.25, 0.3) is 0 Å². The van der Waals surface area contributed by atoms with Gasteiger partial charge in [0.2, 0.25) is 11.8 Å². The molecule has 2 atom stereocenters. The molecule has 0 spiro atoms. The monoisotopic (exact) mass is 353 g/mol. The Hall–Kier alpha value is -1.75. The van der Waals surface area contributed by atoms with Crippen molar-refractivity contribution in [1.29, 1.82) is 0 Å². The number of nitrogens with zero attached hydrogens (tertiary/aromatic N) is 1. The number of likely N-dealkylation sites (tertiary alicyclic amines) is 1. The minimum atomic E-state index is -0.155. The van der Waals surface area contributed by atoms with E-state index in [-0.39, 0.29) is 36.1 Å². The molecule has 1 aromatic carbocycles. The molecule has 0 saturated carbocycles. The van der Waals surface area contributed by atoms with E-state index >= 15 is 0 Å². The van der Waals surface area contributed by atoms with Crippen LogP contribution in [-0.4, -0.2) is 29.8 Å². The van der Waals surface area contributed by atoms with Gasteiger partial charge in [0.15, 0.2) is 0 Å². The van der Waals surface area contributed by atoms with E-state index in [2.05, 4.69) is 5.32 Å². The second-order valence-electron chi connectivity index (χ2n) is 6.50. The highest BCUT2D eigenvalue weighted by Gasteiger charge is 2.30. The van der Waals surface area contributed by atoms with E-state index in [0.29, 0.717) is 12.2 Å². The first-order valence-corrected chi connectivity index (χ1v) is 8.38. The Morgan fingerprint density at radius 3 is 2.79 bits per heavy atom. The lowest BCUT2D eigenvalue weighted by Crippen LogP contribution is -2.45. The molecule has 1 heterocycles. The Balaban J connectivity index is 0.00000288.